The van der Waals surface area contributed by atoms with Crippen molar-refractivity contribution in [2.45, 2.75) is 0 Å². The zero-order chi connectivity index (χ0) is 10.0. The van der Waals surface area contributed by atoms with Crippen molar-refractivity contribution in [3.05, 3.63) is 35.1 Å². The Hall–Kier alpha value is -1.36. The Balaban J connectivity index is 3.20. The molecule has 0 spiro atoms. The summed E-state index contributed by atoms with van der Waals surface area (Å²) in [6, 6.07) is 1.08. The smallest absolute Gasteiger partial charge is 0.194 e. The molecule has 1 aromatic rings. The maximum absolute atomic E-state index is 12.5. The molecule has 0 saturated heterocycles. The van der Waals surface area contributed by atoms with Crippen LogP contribution in [0.1, 0.15) is 10.4 Å². The van der Waals surface area contributed by atoms with Gasteiger partial charge in [0.25, 0.3) is 0 Å². The second kappa shape index (κ2) is 3.57. The molecular formula is C8H5F3O2. The molecule has 0 unspecified atom stereocenters. The molecule has 13 heavy (non-hydrogen) atoms. The number of aliphatic hydroxyl groups excluding tert-OH is 1. The Labute approximate surface area is 71.6 Å². The van der Waals surface area contributed by atoms with E-state index in [4.69, 9.17) is 5.11 Å². The fourth-order valence-corrected chi connectivity index (χ4v) is 0.808. The number of hydrogen-bond acceptors (Lipinski definition) is 2. The fourth-order valence-electron chi connectivity index (χ4n) is 0.808. The summed E-state index contributed by atoms with van der Waals surface area (Å²) < 4.78 is 37.3. The monoisotopic (exact) mass is 190 g/mol. The van der Waals surface area contributed by atoms with Crippen LogP contribution in [-0.4, -0.2) is 17.5 Å². The lowest BCUT2D eigenvalue weighted by molar-refractivity contribution is 0.0902. The summed E-state index contributed by atoms with van der Waals surface area (Å²) in [5, 5.41) is 8.35. The van der Waals surface area contributed by atoms with E-state index in [0.717, 1.165) is 0 Å². The average Bonchev–Trinajstić information content (AvgIpc) is 2.12. The minimum Gasteiger partial charge on any atom is -0.388 e. The normalized spacial score (nSPS) is 10.2. The molecule has 0 saturated carbocycles. The van der Waals surface area contributed by atoms with Gasteiger partial charge in [-0.2, -0.15) is 0 Å². The van der Waals surface area contributed by atoms with Gasteiger partial charge in [-0.05, 0) is 12.1 Å². The summed E-state index contributed by atoms with van der Waals surface area (Å²) in [6.07, 6.45) is 0. The molecule has 0 aromatic heterocycles. The van der Waals surface area contributed by atoms with Gasteiger partial charge in [0, 0.05) is 5.56 Å². The number of carbonyl (C=O) groups excluding carboxylic acids is 1. The first-order chi connectivity index (χ1) is 6.06. The number of benzene rings is 1. The van der Waals surface area contributed by atoms with Gasteiger partial charge in [0.2, 0.25) is 0 Å². The van der Waals surface area contributed by atoms with E-state index in [1.54, 1.807) is 0 Å². The quantitative estimate of drug-likeness (QED) is 0.563. The first kappa shape index (κ1) is 9.73. The zero-order valence-corrected chi connectivity index (χ0v) is 6.35. The molecule has 0 heterocycles. The highest BCUT2D eigenvalue weighted by atomic mass is 19.2. The number of ketones is 1. The Morgan fingerprint density at radius 1 is 1.23 bits per heavy atom. The predicted octanol–water partition coefficient (Wildman–Crippen LogP) is 1.28. The fraction of sp³-hybridized carbons (Fsp3) is 0.125. The average molecular weight is 190 g/mol. The minimum absolute atomic E-state index is 0.390. The van der Waals surface area contributed by atoms with Gasteiger partial charge in [0.15, 0.2) is 23.2 Å². The lowest BCUT2D eigenvalue weighted by Crippen LogP contribution is -2.06. The lowest BCUT2D eigenvalue weighted by atomic mass is 10.1. The molecule has 0 amide bonds. The van der Waals surface area contributed by atoms with Crippen LogP contribution in [0.25, 0.3) is 0 Å². The van der Waals surface area contributed by atoms with E-state index in [9.17, 15) is 18.0 Å². The second-order valence-electron chi connectivity index (χ2n) is 2.34. The number of hydrogen-bond donors (Lipinski definition) is 1. The zero-order valence-electron chi connectivity index (χ0n) is 6.35. The Morgan fingerprint density at radius 2 is 1.69 bits per heavy atom. The summed E-state index contributed by atoms with van der Waals surface area (Å²) in [6.45, 7) is -0.871. The van der Waals surface area contributed by atoms with Crippen molar-refractivity contribution in [2.75, 3.05) is 6.61 Å². The Kier molecular flexibility index (Phi) is 2.67. The van der Waals surface area contributed by atoms with Crippen molar-refractivity contribution in [1.29, 1.82) is 0 Å². The SMILES string of the molecule is O=C(CO)c1cc(F)c(F)c(F)c1. The van der Waals surface area contributed by atoms with E-state index in [1.807, 2.05) is 0 Å². The molecule has 0 aliphatic rings. The minimum atomic E-state index is -1.63. The van der Waals surface area contributed by atoms with E-state index in [-0.39, 0.29) is 5.56 Å². The van der Waals surface area contributed by atoms with Crippen molar-refractivity contribution in [2.24, 2.45) is 0 Å². The number of halogens is 3. The predicted molar refractivity (Wildman–Crippen MR) is 37.7 cm³/mol. The molecule has 1 aromatic carbocycles. The van der Waals surface area contributed by atoms with Crippen LogP contribution in [0.2, 0.25) is 0 Å². The number of aliphatic hydroxyl groups is 1. The largest absolute Gasteiger partial charge is 0.388 e. The van der Waals surface area contributed by atoms with Crippen molar-refractivity contribution in [3.63, 3.8) is 0 Å². The van der Waals surface area contributed by atoms with Crippen LogP contribution in [-0.2, 0) is 0 Å². The topological polar surface area (TPSA) is 37.3 Å². The van der Waals surface area contributed by atoms with Gasteiger partial charge < -0.3 is 5.11 Å². The van der Waals surface area contributed by atoms with Gasteiger partial charge in [-0.25, -0.2) is 13.2 Å². The van der Waals surface area contributed by atoms with Crippen LogP contribution in [0.3, 0.4) is 0 Å². The highest BCUT2D eigenvalue weighted by Crippen LogP contribution is 2.13. The third-order valence-corrected chi connectivity index (χ3v) is 1.45. The third-order valence-electron chi connectivity index (χ3n) is 1.45. The number of Topliss-reactive ketones (excluding diaryl/α,β-unsaturated/α-hetero) is 1. The van der Waals surface area contributed by atoms with Gasteiger partial charge in [-0.15, -0.1) is 0 Å². The van der Waals surface area contributed by atoms with Crippen LogP contribution in [0.5, 0.6) is 0 Å². The molecule has 0 atom stereocenters. The van der Waals surface area contributed by atoms with Crippen LogP contribution in [0.15, 0.2) is 12.1 Å². The Morgan fingerprint density at radius 3 is 2.08 bits per heavy atom. The molecule has 0 aliphatic carbocycles. The summed E-state index contributed by atoms with van der Waals surface area (Å²) in [5.41, 5.74) is -0.390. The van der Waals surface area contributed by atoms with E-state index in [2.05, 4.69) is 0 Å². The highest BCUT2D eigenvalue weighted by molar-refractivity contribution is 5.96. The molecular weight excluding hydrogens is 185 g/mol. The standard InChI is InChI=1S/C8H5F3O2/c9-5-1-4(7(13)3-12)2-6(10)8(5)11/h1-2,12H,3H2. The molecule has 1 N–H and O–H groups in total. The first-order valence-electron chi connectivity index (χ1n) is 3.35. The van der Waals surface area contributed by atoms with Crippen molar-refractivity contribution < 1.29 is 23.1 Å². The Bertz CT molecular complexity index is 326. The van der Waals surface area contributed by atoms with E-state index in [0.29, 0.717) is 12.1 Å². The van der Waals surface area contributed by atoms with Crippen molar-refractivity contribution in [1.82, 2.24) is 0 Å². The molecule has 5 heteroatoms. The molecule has 70 valence electrons. The highest BCUT2D eigenvalue weighted by Gasteiger charge is 2.13. The van der Waals surface area contributed by atoms with Crippen LogP contribution in [0, 0.1) is 17.5 Å². The summed E-state index contributed by atoms with van der Waals surface area (Å²) in [7, 11) is 0. The number of carbonyl (C=O) groups is 1. The van der Waals surface area contributed by atoms with Gasteiger partial charge >= 0.3 is 0 Å². The molecule has 0 aliphatic heterocycles. The van der Waals surface area contributed by atoms with Crippen LogP contribution >= 0.6 is 0 Å². The van der Waals surface area contributed by atoms with Gasteiger partial charge in [-0.3, -0.25) is 4.79 Å². The van der Waals surface area contributed by atoms with E-state index in [1.165, 1.54) is 0 Å². The summed E-state index contributed by atoms with van der Waals surface area (Å²) in [5.74, 6) is -5.39. The summed E-state index contributed by atoms with van der Waals surface area (Å²) in [4.78, 5) is 10.7. The van der Waals surface area contributed by atoms with Crippen molar-refractivity contribution >= 4 is 5.78 Å². The number of rotatable bonds is 2. The van der Waals surface area contributed by atoms with E-state index >= 15 is 0 Å². The molecule has 0 radical (unpaired) electrons. The van der Waals surface area contributed by atoms with E-state index < -0.39 is 29.8 Å². The first-order valence-corrected chi connectivity index (χ1v) is 3.35. The van der Waals surface area contributed by atoms with Gasteiger partial charge in [-0.1, -0.05) is 0 Å². The maximum Gasteiger partial charge on any atom is 0.194 e. The summed E-state index contributed by atoms with van der Waals surface area (Å²) >= 11 is 0. The molecule has 0 bridgehead atoms. The maximum atomic E-state index is 12.5. The molecule has 0 fully saturated rings. The van der Waals surface area contributed by atoms with Gasteiger partial charge in [0.05, 0.1) is 0 Å². The van der Waals surface area contributed by atoms with Gasteiger partial charge in [0.1, 0.15) is 6.61 Å². The third kappa shape index (κ3) is 1.86. The molecule has 1 rings (SSSR count). The molecule has 2 nitrogen and oxygen atoms in total. The van der Waals surface area contributed by atoms with Crippen LogP contribution in [0.4, 0.5) is 13.2 Å². The van der Waals surface area contributed by atoms with Crippen LogP contribution < -0.4 is 0 Å². The second-order valence-corrected chi connectivity index (χ2v) is 2.34. The lowest BCUT2D eigenvalue weighted by Gasteiger charge is -1.99. The van der Waals surface area contributed by atoms with Crippen molar-refractivity contribution in [3.8, 4) is 0 Å².